The van der Waals surface area contributed by atoms with Crippen LogP contribution >= 0.6 is 11.6 Å². The van der Waals surface area contributed by atoms with E-state index < -0.39 is 0 Å². The van der Waals surface area contributed by atoms with Crippen molar-refractivity contribution in [3.8, 4) is 5.75 Å². The van der Waals surface area contributed by atoms with E-state index in [9.17, 15) is 4.79 Å². The summed E-state index contributed by atoms with van der Waals surface area (Å²) in [5, 5.41) is 5.36. The lowest BCUT2D eigenvalue weighted by molar-refractivity contribution is -0.118. The Bertz CT molecular complexity index is 803. The first-order valence-electron chi connectivity index (χ1n) is 6.74. The highest BCUT2D eigenvalue weighted by Crippen LogP contribution is 2.20. The van der Waals surface area contributed by atoms with E-state index >= 15 is 0 Å². The predicted molar refractivity (Wildman–Crippen MR) is 87.3 cm³/mol. The van der Waals surface area contributed by atoms with Gasteiger partial charge in [0.25, 0.3) is 5.91 Å². The van der Waals surface area contributed by atoms with Gasteiger partial charge in [0.2, 0.25) is 0 Å². The molecular formula is C17H13ClN2O2. The Morgan fingerprint density at radius 3 is 2.68 bits per heavy atom. The number of pyridine rings is 1. The Morgan fingerprint density at radius 2 is 1.91 bits per heavy atom. The van der Waals surface area contributed by atoms with Crippen LogP contribution in [0.2, 0.25) is 5.02 Å². The van der Waals surface area contributed by atoms with Gasteiger partial charge >= 0.3 is 0 Å². The van der Waals surface area contributed by atoms with Gasteiger partial charge in [0, 0.05) is 6.20 Å². The van der Waals surface area contributed by atoms with Gasteiger partial charge in [-0.05, 0) is 35.0 Å². The number of nitrogens with one attached hydrogen (secondary N) is 1. The fraction of sp³-hybridized carbons (Fsp3) is 0.0588. The molecule has 0 aliphatic rings. The van der Waals surface area contributed by atoms with Crippen LogP contribution in [0.1, 0.15) is 0 Å². The second kappa shape index (κ2) is 6.45. The van der Waals surface area contributed by atoms with Crippen molar-refractivity contribution < 1.29 is 9.53 Å². The number of fused-ring (bicyclic) bond motifs is 1. The summed E-state index contributed by atoms with van der Waals surface area (Å²) in [4.78, 5) is 15.8. The molecule has 5 heteroatoms. The number of anilines is 1. The Kier molecular flexibility index (Phi) is 4.21. The summed E-state index contributed by atoms with van der Waals surface area (Å²) in [5.74, 6) is 0.817. The number of hydrogen-bond acceptors (Lipinski definition) is 3. The van der Waals surface area contributed by atoms with Crippen LogP contribution in [0.3, 0.4) is 0 Å². The summed E-state index contributed by atoms with van der Waals surface area (Å²) in [5.41, 5.74) is 0. The zero-order chi connectivity index (χ0) is 15.4. The minimum absolute atomic E-state index is 0.0807. The molecule has 22 heavy (non-hydrogen) atoms. The van der Waals surface area contributed by atoms with E-state index in [0.717, 1.165) is 10.8 Å². The number of halogens is 1. The van der Waals surface area contributed by atoms with Crippen molar-refractivity contribution >= 4 is 34.1 Å². The van der Waals surface area contributed by atoms with Gasteiger partial charge in [-0.15, -0.1) is 0 Å². The molecule has 3 rings (SSSR count). The maximum absolute atomic E-state index is 11.8. The van der Waals surface area contributed by atoms with E-state index in [-0.39, 0.29) is 12.5 Å². The lowest BCUT2D eigenvalue weighted by Crippen LogP contribution is -2.20. The molecule has 1 aromatic heterocycles. The molecule has 4 nitrogen and oxygen atoms in total. The van der Waals surface area contributed by atoms with Gasteiger partial charge in [0.05, 0.1) is 5.02 Å². The molecule has 110 valence electrons. The number of carbonyl (C=O) groups excluding carboxylic acids is 1. The molecule has 1 amide bonds. The lowest BCUT2D eigenvalue weighted by atomic mass is 10.1. The summed E-state index contributed by atoms with van der Waals surface area (Å²) in [7, 11) is 0. The van der Waals surface area contributed by atoms with Gasteiger partial charge in [-0.1, -0.05) is 41.9 Å². The fourth-order valence-corrected chi connectivity index (χ4v) is 2.15. The summed E-state index contributed by atoms with van der Waals surface area (Å²) in [6.45, 7) is -0.0807. The van der Waals surface area contributed by atoms with Crippen molar-refractivity contribution in [2.45, 2.75) is 0 Å². The molecule has 0 unspecified atom stereocenters. The van der Waals surface area contributed by atoms with E-state index in [1.807, 2.05) is 42.5 Å². The zero-order valence-corrected chi connectivity index (χ0v) is 12.4. The zero-order valence-electron chi connectivity index (χ0n) is 11.6. The summed E-state index contributed by atoms with van der Waals surface area (Å²) in [6.07, 6.45) is 1.47. The first-order chi connectivity index (χ1) is 10.7. The van der Waals surface area contributed by atoms with Crippen LogP contribution < -0.4 is 10.1 Å². The van der Waals surface area contributed by atoms with Crippen molar-refractivity contribution in [1.29, 1.82) is 0 Å². The number of rotatable bonds is 4. The highest BCUT2D eigenvalue weighted by atomic mass is 35.5. The van der Waals surface area contributed by atoms with E-state index in [1.165, 1.54) is 6.20 Å². The molecule has 0 fully saturated rings. The molecule has 0 saturated heterocycles. The van der Waals surface area contributed by atoms with Gasteiger partial charge in [-0.25, -0.2) is 4.98 Å². The van der Waals surface area contributed by atoms with Crippen LogP contribution in [0.5, 0.6) is 5.75 Å². The van der Waals surface area contributed by atoms with Crippen molar-refractivity contribution in [3.63, 3.8) is 0 Å². The molecule has 2 aromatic carbocycles. The molecule has 3 aromatic rings. The molecule has 1 N–H and O–H groups in total. The van der Waals surface area contributed by atoms with Crippen molar-refractivity contribution in [2.24, 2.45) is 0 Å². The SMILES string of the molecule is O=C(COc1ccc2ccccc2c1)Nc1ccc(Cl)cn1. The Labute approximate surface area is 132 Å². The highest BCUT2D eigenvalue weighted by Gasteiger charge is 2.05. The Balaban J connectivity index is 1.60. The molecular weight excluding hydrogens is 300 g/mol. The standard InChI is InChI=1S/C17H13ClN2O2/c18-14-6-8-16(19-10-14)20-17(21)11-22-15-7-5-12-3-1-2-4-13(12)9-15/h1-10H,11H2,(H,19,20,21). The number of hydrogen-bond donors (Lipinski definition) is 1. The predicted octanol–water partition coefficient (Wildman–Crippen LogP) is 3.91. The number of nitrogens with zero attached hydrogens (tertiary/aromatic N) is 1. The van der Waals surface area contributed by atoms with Crippen LogP contribution in [0, 0.1) is 0 Å². The monoisotopic (exact) mass is 312 g/mol. The quantitative estimate of drug-likeness (QED) is 0.794. The highest BCUT2D eigenvalue weighted by molar-refractivity contribution is 6.30. The van der Waals surface area contributed by atoms with Gasteiger partial charge in [-0.2, -0.15) is 0 Å². The maximum atomic E-state index is 11.8. The maximum Gasteiger partial charge on any atom is 0.263 e. The van der Waals surface area contributed by atoms with Crippen LogP contribution in [-0.4, -0.2) is 17.5 Å². The molecule has 0 atom stereocenters. The Morgan fingerprint density at radius 1 is 1.09 bits per heavy atom. The number of carbonyl (C=O) groups is 1. The number of aromatic nitrogens is 1. The molecule has 0 bridgehead atoms. The topological polar surface area (TPSA) is 51.2 Å². The van der Waals surface area contributed by atoms with Crippen molar-refractivity contribution in [1.82, 2.24) is 4.98 Å². The van der Waals surface area contributed by atoms with E-state index in [2.05, 4.69) is 10.3 Å². The summed E-state index contributed by atoms with van der Waals surface area (Å²) in [6, 6.07) is 17.0. The average molecular weight is 313 g/mol. The third-order valence-corrected chi connectivity index (χ3v) is 3.31. The molecule has 0 saturated carbocycles. The van der Waals surface area contributed by atoms with Crippen molar-refractivity contribution in [2.75, 3.05) is 11.9 Å². The molecule has 1 heterocycles. The minimum atomic E-state index is -0.275. The largest absolute Gasteiger partial charge is 0.484 e. The molecule has 0 aliphatic carbocycles. The second-order valence-electron chi connectivity index (χ2n) is 4.71. The van der Waals surface area contributed by atoms with Gasteiger partial charge in [0.15, 0.2) is 6.61 Å². The summed E-state index contributed by atoms with van der Waals surface area (Å²) >= 11 is 5.74. The van der Waals surface area contributed by atoms with E-state index in [1.54, 1.807) is 12.1 Å². The number of benzene rings is 2. The van der Waals surface area contributed by atoms with Gasteiger partial charge in [-0.3, -0.25) is 4.79 Å². The van der Waals surface area contributed by atoms with Gasteiger partial charge < -0.3 is 10.1 Å². The van der Waals surface area contributed by atoms with Crippen LogP contribution in [0.15, 0.2) is 60.8 Å². The van der Waals surface area contributed by atoms with Crippen molar-refractivity contribution in [3.05, 3.63) is 65.8 Å². The lowest BCUT2D eigenvalue weighted by Gasteiger charge is -2.08. The summed E-state index contributed by atoms with van der Waals surface area (Å²) < 4.78 is 5.51. The molecule has 0 aliphatic heterocycles. The Hall–Kier alpha value is -2.59. The van der Waals surface area contributed by atoms with E-state index in [0.29, 0.717) is 16.6 Å². The first kappa shape index (κ1) is 14.4. The van der Waals surface area contributed by atoms with Crippen LogP contribution in [0.25, 0.3) is 10.8 Å². The number of amides is 1. The average Bonchev–Trinajstić information content (AvgIpc) is 2.55. The van der Waals surface area contributed by atoms with Gasteiger partial charge in [0.1, 0.15) is 11.6 Å². The second-order valence-corrected chi connectivity index (χ2v) is 5.14. The van der Waals surface area contributed by atoms with Crippen LogP contribution in [0.4, 0.5) is 5.82 Å². The third kappa shape index (κ3) is 3.54. The van der Waals surface area contributed by atoms with E-state index in [4.69, 9.17) is 16.3 Å². The third-order valence-electron chi connectivity index (χ3n) is 3.09. The molecule has 0 spiro atoms. The smallest absolute Gasteiger partial charge is 0.263 e. The fourth-order valence-electron chi connectivity index (χ4n) is 2.03. The van der Waals surface area contributed by atoms with Crippen LogP contribution in [-0.2, 0) is 4.79 Å². The molecule has 0 radical (unpaired) electrons. The minimum Gasteiger partial charge on any atom is -0.484 e. The first-order valence-corrected chi connectivity index (χ1v) is 7.11. The normalized spacial score (nSPS) is 10.4. The number of ether oxygens (including phenoxy) is 1.